The Balaban J connectivity index is 0.000000590. The molecule has 3 N–H and O–H groups in total. The zero-order valence-electron chi connectivity index (χ0n) is 17.3. The second-order valence-corrected chi connectivity index (χ2v) is 8.14. The molecule has 0 amide bonds. The summed E-state index contributed by atoms with van der Waals surface area (Å²) in [5, 5.41) is 26.3. The van der Waals surface area contributed by atoms with Crippen molar-refractivity contribution in [3.05, 3.63) is 36.9 Å². The molecule has 10 heteroatoms. The third kappa shape index (κ3) is 13.8. The molecule has 0 radical (unpaired) electrons. The normalized spacial score (nSPS) is 10.8. The minimum absolute atomic E-state index is 0.0240. The van der Waals surface area contributed by atoms with Crippen molar-refractivity contribution >= 4 is 42.2 Å². The van der Waals surface area contributed by atoms with Crippen molar-refractivity contribution in [2.75, 3.05) is 0 Å². The molecule has 0 fully saturated rings. The van der Waals surface area contributed by atoms with Crippen LogP contribution >= 0.6 is 7.77 Å². The van der Waals surface area contributed by atoms with E-state index in [1.165, 1.54) is 31.2 Å². The van der Waals surface area contributed by atoms with Gasteiger partial charge in [0.15, 0.2) is 0 Å². The fourth-order valence-corrected chi connectivity index (χ4v) is 3.21. The summed E-state index contributed by atoms with van der Waals surface area (Å²) in [5.74, 6) is -3.26. The number of hydrogen-bond donors (Lipinski definition) is 3. The number of carbonyl (C=O) groups is 4. The Morgan fingerprint density at radius 1 is 1.06 bits per heavy atom. The van der Waals surface area contributed by atoms with E-state index in [0.717, 1.165) is 25.3 Å². The van der Waals surface area contributed by atoms with Crippen LogP contribution in [0.2, 0.25) is 0 Å². The Labute approximate surface area is 181 Å². The smallest absolute Gasteiger partial charge is 0.374 e. The second kappa shape index (κ2) is 15.8. The van der Waals surface area contributed by atoms with E-state index in [2.05, 4.69) is 11.3 Å². The van der Waals surface area contributed by atoms with Gasteiger partial charge < -0.3 is 24.9 Å². The molecule has 0 aliphatic rings. The summed E-state index contributed by atoms with van der Waals surface area (Å²) in [6, 6.07) is 5.77. The maximum atomic E-state index is 11.6. The van der Waals surface area contributed by atoms with Crippen LogP contribution in [0.1, 0.15) is 51.9 Å². The van der Waals surface area contributed by atoms with Gasteiger partial charge in [0.25, 0.3) is 0 Å². The first-order valence-corrected chi connectivity index (χ1v) is 10.8. The number of aliphatic carboxylic acids is 2. The average molecular weight is 454 g/mol. The number of benzene rings is 1. The fourth-order valence-electron chi connectivity index (χ4n) is 2.18. The van der Waals surface area contributed by atoms with Gasteiger partial charge >= 0.3 is 23.9 Å². The summed E-state index contributed by atoms with van der Waals surface area (Å²) in [4.78, 5) is 53.9. The number of phenols is 1. The number of esters is 2. The highest BCUT2D eigenvalue weighted by Gasteiger charge is 2.15. The molecule has 31 heavy (non-hydrogen) atoms. The zero-order chi connectivity index (χ0) is 23.8. The van der Waals surface area contributed by atoms with Crippen molar-refractivity contribution in [3.8, 4) is 5.75 Å². The van der Waals surface area contributed by atoms with E-state index in [0.29, 0.717) is 18.1 Å². The molecular weight excluding hydrogens is 427 g/mol. The standard InChI is InChI=1S/C12H18O5.C9H9O4P/c1-2-11(15)17-12(16)9-7-5-3-4-6-8-10(13)14;1-6(9(11)12)14(13)8-4-2-3-7(10)5-8/h2H,1,3-9H2,(H,13,14);2-5,10H,1H3,(H,11,12). The lowest BCUT2D eigenvalue weighted by Crippen LogP contribution is -2.16. The number of ether oxygens (including phenoxy) is 1. The maximum Gasteiger partial charge on any atom is 0.374 e. The van der Waals surface area contributed by atoms with Crippen LogP contribution in [0, 0.1) is 0 Å². The Morgan fingerprint density at radius 2 is 1.65 bits per heavy atom. The molecule has 1 aromatic rings. The number of rotatable bonds is 11. The van der Waals surface area contributed by atoms with Gasteiger partial charge in [0.05, 0.1) is 0 Å². The third-order valence-electron chi connectivity index (χ3n) is 3.83. The summed E-state index contributed by atoms with van der Waals surface area (Å²) >= 11 is 0. The van der Waals surface area contributed by atoms with E-state index >= 15 is 0 Å². The lowest BCUT2D eigenvalue weighted by atomic mass is 10.1. The number of carbonyl (C=O) groups excluding carboxylic acids is 2. The van der Waals surface area contributed by atoms with Crippen molar-refractivity contribution in [2.45, 2.75) is 51.9 Å². The van der Waals surface area contributed by atoms with Crippen molar-refractivity contribution in [1.82, 2.24) is 0 Å². The first-order valence-electron chi connectivity index (χ1n) is 9.50. The number of aromatic hydroxyl groups is 1. The van der Waals surface area contributed by atoms with Crippen LogP contribution in [0.4, 0.5) is 0 Å². The molecule has 1 rings (SSSR count). The molecular formula is C21H27O9P. The van der Waals surface area contributed by atoms with Crippen molar-refractivity contribution in [2.24, 2.45) is 0 Å². The molecule has 0 heterocycles. The lowest BCUT2D eigenvalue weighted by molar-refractivity contribution is -0.156. The SMILES string of the molecule is C=CC(=O)OC(=O)CCCCCCCC(=O)O.CC(C(=O)O)=[P+]([O-])c1cccc(O)c1. The second-order valence-electron chi connectivity index (χ2n) is 6.36. The van der Waals surface area contributed by atoms with Crippen molar-refractivity contribution in [3.63, 3.8) is 0 Å². The molecule has 0 bridgehead atoms. The highest BCUT2D eigenvalue weighted by molar-refractivity contribution is 7.61. The first-order chi connectivity index (χ1) is 14.6. The fraction of sp³-hybridized carbons (Fsp3) is 0.381. The number of carboxylic acid groups (broad SMARTS) is 2. The summed E-state index contributed by atoms with van der Waals surface area (Å²) in [7, 11) is -2.09. The number of phenolic OH excluding ortho intramolecular Hbond substituents is 1. The summed E-state index contributed by atoms with van der Waals surface area (Å²) in [5.41, 5.74) is 0. The van der Waals surface area contributed by atoms with E-state index in [9.17, 15) is 24.1 Å². The van der Waals surface area contributed by atoms with Crippen LogP contribution in [-0.4, -0.2) is 44.5 Å². The van der Waals surface area contributed by atoms with Gasteiger partial charge in [0, 0.05) is 31.9 Å². The van der Waals surface area contributed by atoms with Gasteiger partial charge in [-0.2, -0.15) is 0 Å². The molecule has 170 valence electrons. The number of unbranched alkanes of at least 4 members (excludes halogenated alkanes) is 4. The van der Waals surface area contributed by atoms with Gasteiger partial charge in [-0.1, -0.05) is 31.9 Å². The Morgan fingerprint density at radius 3 is 2.16 bits per heavy atom. The van der Waals surface area contributed by atoms with Gasteiger partial charge in [-0.3, -0.25) is 9.59 Å². The lowest BCUT2D eigenvalue weighted by Gasteiger charge is -2.00. The Bertz CT molecular complexity index is 815. The van der Waals surface area contributed by atoms with Crippen LogP contribution in [-0.2, 0) is 23.9 Å². The summed E-state index contributed by atoms with van der Waals surface area (Å²) in [6.07, 6.45) is 5.21. The quantitative estimate of drug-likeness (QED) is 0.149. The van der Waals surface area contributed by atoms with Crippen LogP contribution in [0.5, 0.6) is 5.75 Å². The van der Waals surface area contributed by atoms with Gasteiger partial charge in [-0.25, -0.2) is 9.59 Å². The number of carboxylic acids is 2. The van der Waals surface area contributed by atoms with Gasteiger partial charge in [0.1, 0.15) is 18.8 Å². The van der Waals surface area contributed by atoms with Crippen LogP contribution in [0.25, 0.3) is 0 Å². The van der Waals surface area contributed by atoms with Crippen LogP contribution < -0.4 is 10.2 Å². The molecule has 1 aromatic carbocycles. The highest BCUT2D eigenvalue weighted by Crippen LogP contribution is 2.17. The molecule has 0 saturated carbocycles. The minimum atomic E-state index is -2.09. The highest BCUT2D eigenvalue weighted by atomic mass is 31.1. The van der Waals surface area contributed by atoms with E-state index < -0.39 is 31.6 Å². The third-order valence-corrected chi connectivity index (χ3v) is 5.38. The largest absolute Gasteiger partial charge is 0.625 e. The van der Waals surface area contributed by atoms with Gasteiger partial charge in [-0.15, -0.1) is 0 Å². The number of hydrogen-bond acceptors (Lipinski definition) is 7. The molecule has 1 unspecified atom stereocenters. The molecule has 1 atom stereocenters. The van der Waals surface area contributed by atoms with E-state index in [-0.39, 0.29) is 23.9 Å². The molecule has 0 aromatic heterocycles. The molecule has 9 nitrogen and oxygen atoms in total. The molecule has 0 aliphatic carbocycles. The Kier molecular flexibility index (Phi) is 14.2. The maximum absolute atomic E-state index is 11.6. The summed E-state index contributed by atoms with van der Waals surface area (Å²) in [6.45, 7) is 4.48. The van der Waals surface area contributed by atoms with E-state index in [4.69, 9.17) is 15.3 Å². The van der Waals surface area contributed by atoms with Crippen molar-refractivity contribution in [1.29, 1.82) is 0 Å². The van der Waals surface area contributed by atoms with Crippen LogP contribution in [0.15, 0.2) is 36.9 Å². The minimum Gasteiger partial charge on any atom is -0.625 e. The molecule has 0 saturated heterocycles. The monoisotopic (exact) mass is 454 g/mol. The van der Waals surface area contributed by atoms with Crippen LogP contribution in [0.3, 0.4) is 0 Å². The van der Waals surface area contributed by atoms with E-state index in [1.807, 2.05) is 0 Å². The van der Waals surface area contributed by atoms with Crippen molar-refractivity contribution < 1.29 is 44.1 Å². The zero-order valence-corrected chi connectivity index (χ0v) is 18.2. The average Bonchev–Trinajstić information content (AvgIpc) is 2.72. The van der Waals surface area contributed by atoms with Gasteiger partial charge in [0.2, 0.25) is 5.29 Å². The molecule has 0 aliphatic heterocycles. The van der Waals surface area contributed by atoms with Gasteiger partial charge in [-0.05, 0) is 25.0 Å². The first kappa shape index (κ1) is 28.0. The predicted octanol–water partition coefficient (Wildman–Crippen LogP) is 2.11. The predicted molar refractivity (Wildman–Crippen MR) is 114 cm³/mol. The Hall–Kier alpha value is -3.03. The topological polar surface area (TPSA) is 161 Å². The summed E-state index contributed by atoms with van der Waals surface area (Å²) < 4.78 is 4.39. The molecule has 0 spiro atoms. The van der Waals surface area contributed by atoms with E-state index in [1.54, 1.807) is 0 Å².